The molecule has 0 saturated heterocycles. The minimum absolute atomic E-state index is 0.259. The molecule has 0 radical (unpaired) electrons. The Morgan fingerprint density at radius 2 is 2.11 bits per heavy atom. The van der Waals surface area contributed by atoms with E-state index in [9.17, 15) is 4.79 Å². The van der Waals surface area contributed by atoms with Gasteiger partial charge in [-0.05, 0) is 43.0 Å². The Morgan fingerprint density at radius 1 is 1.28 bits per heavy atom. The highest BCUT2D eigenvalue weighted by atomic mass is 16.2. The molecule has 2 rings (SSSR count). The van der Waals surface area contributed by atoms with E-state index in [4.69, 9.17) is 5.73 Å². The highest BCUT2D eigenvalue weighted by Gasteiger charge is 2.21. The lowest BCUT2D eigenvalue weighted by molar-refractivity contribution is -0.118. The van der Waals surface area contributed by atoms with Gasteiger partial charge in [0.1, 0.15) is 0 Å². The lowest BCUT2D eigenvalue weighted by Crippen LogP contribution is -2.31. The van der Waals surface area contributed by atoms with Gasteiger partial charge in [0.15, 0.2) is 0 Å². The van der Waals surface area contributed by atoms with Gasteiger partial charge in [0.25, 0.3) is 0 Å². The number of nitrogens with two attached hydrogens (primary N) is 1. The van der Waals surface area contributed by atoms with E-state index in [1.807, 2.05) is 23.1 Å². The third-order valence-electron chi connectivity index (χ3n) is 3.52. The number of carbonyl (C=O) groups is 1. The van der Waals surface area contributed by atoms with E-state index in [1.54, 1.807) is 0 Å². The fourth-order valence-corrected chi connectivity index (χ4v) is 2.53. The highest BCUT2D eigenvalue weighted by molar-refractivity contribution is 5.95. The van der Waals surface area contributed by atoms with E-state index in [0.717, 1.165) is 37.2 Å². The molecule has 0 aromatic heterocycles. The van der Waals surface area contributed by atoms with Crippen molar-refractivity contribution in [2.24, 2.45) is 0 Å². The number of fused-ring (bicyclic) bond motifs is 1. The van der Waals surface area contributed by atoms with Gasteiger partial charge in [-0.2, -0.15) is 0 Å². The second-order valence-corrected chi connectivity index (χ2v) is 4.99. The number of hydrogen-bond acceptors (Lipinski definition) is 2. The summed E-state index contributed by atoms with van der Waals surface area (Å²) in [5.41, 5.74) is 8.91. The third-order valence-corrected chi connectivity index (χ3v) is 3.52. The van der Waals surface area contributed by atoms with Crippen LogP contribution < -0.4 is 10.6 Å². The molecule has 1 aliphatic rings. The smallest absolute Gasteiger partial charge is 0.226 e. The van der Waals surface area contributed by atoms with Gasteiger partial charge in [-0.15, -0.1) is 0 Å². The molecular weight excluding hydrogens is 224 g/mol. The summed E-state index contributed by atoms with van der Waals surface area (Å²) in [4.78, 5) is 14.1. The number of anilines is 2. The molecule has 18 heavy (non-hydrogen) atoms. The third kappa shape index (κ3) is 2.84. The molecule has 3 nitrogen and oxygen atoms in total. The molecule has 1 amide bonds. The summed E-state index contributed by atoms with van der Waals surface area (Å²) in [6.07, 6.45) is 5.97. The number of aryl methyl sites for hydroxylation is 1. The van der Waals surface area contributed by atoms with Crippen molar-refractivity contribution in [2.75, 3.05) is 17.2 Å². The van der Waals surface area contributed by atoms with Gasteiger partial charge in [0.05, 0.1) is 0 Å². The molecule has 1 heterocycles. The van der Waals surface area contributed by atoms with Crippen LogP contribution in [0.4, 0.5) is 11.4 Å². The van der Waals surface area contributed by atoms with Crippen LogP contribution in [0.1, 0.15) is 44.6 Å². The first-order valence-electron chi connectivity index (χ1n) is 6.91. The van der Waals surface area contributed by atoms with Gasteiger partial charge in [0.2, 0.25) is 5.91 Å². The topological polar surface area (TPSA) is 46.3 Å². The quantitative estimate of drug-likeness (QED) is 0.655. The van der Waals surface area contributed by atoms with Crippen molar-refractivity contribution in [1.29, 1.82) is 0 Å². The summed E-state index contributed by atoms with van der Waals surface area (Å²) in [5, 5.41) is 0. The number of unbranched alkanes of at least 4 members (excludes halogenated alkanes) is 2. The fourth-order valence-electron chi connectivity index (χ4n) is 2.53. The maximum absolute atomic E-state index is 12.2. The van der Waals surface area contributed by atoms with E-state index in [2.05, 4.69) is 6.92 Å². The number of benzene rings is 1. The van der Waals surface area contributed by atoms with Crippen molar-refractivity contribution in [3.05, 3.63) is 23.8 Å². The number of nitrogen functional groups attached to an aromatic ring is 1. The van der Waals surface area contributed by atoms with E-state index in [1.165, 1.54) is 18.4 Å². The zero-order valence-corrected chi connectivity index (χ0v) is 11.1. The molecule has 0 bridgehead atoms. The number of amides is 1. The summed E-state index contributed by atoms with van der Waals surface area (Å²) >= 11 is 0. The molecule has 1 aromatic rings. The van der Waals surface area contributed by atoms with E-state index in [-0.39, 0.29) is 5.91 Å². The maximum atomic E-state index is 12.2. The predicted molar refractivity (Wildman–Crippen MR) is 75.7 cm³/mol. The molecule has 98 valence electrons. The van der Waals surface area contributed by atoms with E-state index >= 15 is 0 Å². The van der Waals surface area contributed by atoms with Gasteiger partial charge >= 0.3 is 0 Å². The molecule has 1 aromatic carbocycles. The van der Waals surface area contributed by atoms with Crippen LogP contribution >= 0.6 is 0 Å². The summed E-state index contributed by atoms with van der Waals surface area (Å²) in [6.45, 7) is 3.02. The zero-order chi connectivity index (χ0) is 13.0. The first-order valence-corrected chi connectivity index (χ1v) is 6.91. The highest BCUT2D eigenvalue weighted by Crippen LogP contribution is 2.29. The van der Waals surface area contributed by atoms with Crippen LogP contribution in [-0.2, 0) is 11.2 Å². The van der Waals surface area contributed by atoms with E-state index in [0.29, 0.717) is 6.42 Å². The Morgan fingerprint density at radius 3 is 2.89 bits per heavy atom. The molecule has 0 atom stereocenters. The Hall–Kier alpha value is -1.51. The monoisotopic (exact) mass is 246 g/mol. The normalized spacial score (nSPS) is 15.4. The van der Waals surface area contributed by atoms with Gasteiger partial charge in [0, 0.05) is 24.3 Å². The van der Waals surface area contributed by atoms with Crippen LogP contribution in [0.2, 0.25) is 0 Å². The lowest BCUT2D eigenvalue weighted by Gasteiger charge is -2.23. The summed E-state index contributed by atoms with van der Waals surface area (Å²) < 4.78 is 0. The minimum Gasteiger partial charge on any atom is -0.399 e. The Balaban J connectivity index is 2.23. The number of hydrogen-bond donors (Lipinski definition) is 1. The van der Waals surface area contributed by atoms with Gasteiger partial charge in [-0.1, -0.05) is 19.8 Å². The van der Waals surface area contributed by atoms with Crippen LogP contribution in [0.25, 0.3) is 0 Å². The Kier molecular flexibility index (Phi) is 4.24. The SMILES string of the molecule is CCCCCN1C(=O)CCCc2cc(N)ccc21. The Bertz CT molecular complexity index is 429. The Labute approximate surface area is 109 Å². The van der Waals surface area contributed by atoms with Crippen molar-refractivity contribution in [1.82, 2.24) is 0 Å². The fraction of sp³-hybridized carbons (Fsp3) is 0.533. The average Bonchev–Trinajstić information content (AvgIpc) is 2.49. The van der Waals surface area contributed by atoms with Gasteiger partial charge in [-0.25, -0.2) is 0 Å². The standard InChI is InChI=1S/C15H22N2O/c1-2-3-4-10-17-14-9-8-13(16)11-12(14)6-5-7-15(17)18/h8-9,11H,2-7,10,16H2,1H3. The molecule has 0 unspecified atom stereocenters. The van der Waals surface area contributed by atoms with Crippen molar-refractivity contribution >= 4 is 17.3 Å². The molecule has 0 spiro atoms. The average molecular weight is 246 g/mol. The summed E-state index contributed by atoms with van der Waals surface area (Å²) in [6, 6.07) is 5.91. The van der Waals surface area contributed by atoms with Crippen molar-refractivity contribution in [3.8, 4) is 0 Å². The molecule has 1 aliphatic heterocycles. The largest absolute Gasteiger partial charge is 0.399 e. The molecule has 2 N–H and O–H groups in total. The van der Waals surface area contributed by atoms with Crippen molar-refractivity contribution in [3.63, 3.8) is 0 Å². The van der Waals surface area contributed by atoms with Crippen LogP contribution in [0.5, 0.6) is 0 Å². The van der Waals surface area contributed by atoms with Crippen LogP contribution in [-0.4, -0.2) is 12.5 Å². The van der Waals surface area contributed by atoms with Gasteiger partial charge < -0.3 is 10.6 Å². The predicted octanol–water partition coefficient (Wildman–Crippen LogP) is 3.13. The maximum Gasteiger partial charge on any atom is 0.226 e. The number of rotatable bonds is 4. The van der Waals surface area contributed by atoms with Crippen LogP contribution in [0.3, 0.4) is 0 Å². The second kappa shape index (κ2) is 5.89. The van der Waals surface area contributed by atoms with Crippen LogP contribution in [0, 0.1) is 0 Å². The number of nitrogens with zero attached hydrogens (tertiary/aromatic N) is 1. The molecule has 3 heteroatoms. The second-order valence-electron chi connectivity index (χ2n) is 4.99. The zero-order valence-electron chi connectivity index (χ0n) is 11.1. The summed E-state index contributed by atoms with van der Waals surface area (Å²) in [7, 11) is 0. The first kappa shape index (κ1) is 12.9. The lowest BCUT2D eigenvalue weighted by atomic mass is 10.1. The minimum atomic E-state index is 0.259. The summed E-state index contributed by atoms with van der Waals surface area (Å²) in [5.74, 6) is 0.259. The molecule has 0 saturated carbocycles. The number of carbonyl (C=O) groups excluding carboxylic acids is 1. The first-order chi connectivity index (χ1) is 8.72. The molecular formula is C15H22N2O. The van der Waals surface area contributed by atoms with Gasteiger partial charge in [-0.3, -0.25) is 4.79 Å². The van der Waals surface area contributed by atoms with Crippen molar-refractivity contribution in [2.45, 2.75) is 45.4 Å². The van der Waals surface area contributed by atoms with Crippen molar-refractivity contribution < 1.29 is 4.79 Å². The molecule has 0 fully saturated rings. The molecule has 0 aliphatic carbocycles. The van der Waals surface area contributed by atoms with Crippen LogP contribution in [0.15, 0.2) is 18.2 Å². The van der Waals surface area contributed by atoms with E-state index < -0.39 is 0 Å².